The molecule has 0 aliphatic rings. The third-order valence-corrected chi connectivity index (χ3v) is 2.00. The summed E-state index contributed by atoms with van der Waals surface area (Å²) in [6.45, 7) is 0.436. The first kappa shape index (κ1) is 8.83. The number of hydrogen-bond donors (Lipinski definition) is 1. The summed E-state index contributed by atoms with van der Waals surface area (Å²) in [5.74, 6) is 0.821. The standard InChI is InChI=1S/C9H11N5/c1-14-9(12-6-13-14)7-2-3-11-8(4-7)5-10/h2-4,6H,5,10H2,1H3. The summed E-state index contributed by atoms with van der Waals surface area (Å²) in [4.78, 5) is 8.26. The molecule has 0 spiro atoms. The minimum Gasteiger partial charge on any atom is -0.325 e. The zero-order chi connectivity index (χ0) is 9.97. The van der Waals surface area contributed by atoms with Crippen LogP contribution in [-0.4, -0.2) is 19.7 Å². The third-order valence-electron chi connectivity index (χ3n) is 2.00. The Hall–Kier alpha value is -1.75. The van der Waals surface area contributed by atoms with E-state index in [0.717, 1.165) is 17.1 Å². The zero-order valence-electron chi connectivity index (χ0n) is 7.88. The highest BCUT2D eigenvalue weighted by atomic mass is 15.3. The predicted molar refractivity (Wildman–Crippen MR) is 52.1 cm³/mol. The van der Waals surface area contributed by atoms with Gasteiger partial charge in [0.2, 0.25) is 0 Å². The molecular weight excluding hydrogens is 178 g/mol. The molecule has 0 saturated heterocycles. The SMILES string of the molecule is Cn1ncnc1-c1ccnc(CN)c1. The van der Waals surface area contributed by atoms with Crippen molar-refractivity contribution < 1.29 is 0 Å². The molecule has 0 radical (unpaired) electrons. The fraction of sp³-hybridized carbons (Fsp3) is 0.222. The van der Waals surface area contributed by atoms with Gasteiger partial charge in [0.15, 0.2) is 5.82 Å². The number of aryl methyl sites for hydroxylation is 1. The van der Waals surface area contributed by atoms with Crippen LogP contribution < -0.4 is 5.73 Å². The minimum atomic E-state index is 0.436. The molecule has 0 atom stereocenters. The number of aromatic nitrogens is 4. The zero-order valence-corrected chi connectivity index (χ0v) is 7.88. The highest BCUT2D eigenvalue weighted by Crippen LogP contribution is 2.14. The molecule has 2 N–H and O–H groups in total. The Bertz CT molecular complexity index is 434. The van der Waals surface area contributed by atoms with Gasteiger partial charge in [0.1, 0.15) is 6.33 Å². The molecule has 72 valence electrons. The van der Waals surface area contributed by atoms with Crippen molar-refractivity contribution in [3.63, 3.8) is 0 Å². The second kappa shape index (κ2) is 3.55. The van der Waals surface area contributed by atoms with Crippen LogP contribution in [-0.2, 0) is 13.6 Å². The van der Waals surface area contributed by atoms with E-state index in [9.17, 15) is 0 Å². The monoisotopic (exact) mass is 189 g/mol. The van der Waals surface area contributed by atoms with Gasteiger partial charge in [0.05, 0.1) is 5.69 Å². The number of pyridine rings is 1. The van der Waals surface area contributed by atoms with Crippen LogP contribution in [0, 0.1) is 0 Å². The topological polar surface area (TPSA) is 69.6 Å². The lowest BCUT2D eigenvalue weighted by molar-refractivity contribution is 0.774. The van der Waals surface area contributed by atoms with Crippen LogP contribution in [0.1, 0.15) is 5.69 Å². The van der Waals surface area contributed by atoms with Gasteiger partial charge in [0, 0.05) is 25.4 Å². The van der Waals surface area contributed by atoms with Gasteiger partial charge in [-0.25, -0.2) is 9.67 Å². The molecule has 0 aliphatic heterocycles. The minimum absolute atomic E-state index is 0.436. The summed E-state index contributed by atoms with van der Waals surface area (Å²) in [5, 5.41) is 4.00. The summed E-state index contributed by atoms with van der Waals surface area (Å²) in [7, 11) is 1.85. The first-order chi connectivity index (χ1) is 6.81. The van der Waals surface area contributed by atoms with Crippen molar-refractivity contribution in [2.24, 2.45) is 12.8 Å². The molecule has 0 bridgehead atoms. The molecule has 5 nitrogen and oxygen atoms in total. The second-order valence-electron chi connectivity index (χ2n) is 2.95. The number of hydrogen-bond acceptors (Lipinski definition) is 4. The molecule has 2 aromatic rings. The van der Waals surface area contributed by atoms with E-state index in [2.05, 4.69) is 15.1 Å². The van der Waals surface area contributed by atoms with Crippen LogP contribution in [0.4, 0.5) is 0 Å². The lowest BCUT2D eigenvalue weighted by atomic mass is 10.2. The van der Waals surface area contributed by atoms with E-state index in [4.69, 9.17) is 5.73 Å². The largest absolute Gasteiger partial charge is 0.325 e. The van der Waals surface area contributed by atoms with Crippen molar-refractivity contribution >= 4 is 0 Å². The Labute approximate surface area is 81.6 Å². The summed E-state index contributed by atoms with van der Waals surface area (Å²) in [5.41, 5.74) is 7.34. The van der Waals surface area contributed by atoms with E-state index in [1.165, 1.54) is 6.33 Å². The highest BCUT2D eigenvalue weighted by Gasteiger charge is 2.04. The number of rotatable bonds is 2. The molecule has 5 heteroatoms. The molecule has 2 rings (SSSR count). The molecular formula is C9H11N5. The van der Waals surface area contributed by atoms with E-state index >= 15 is 0 Å². The summed E-state index contributed by atoms with van der Waals surface area (Å²) in [6.07, 6.45) is 3.25. The third kappa shape index (κ3) is 1.49. The van der Waals surface area contributed by atoms with E-state index in [0.29, 0.717) is 6.54 Å². The Kier molecular flexibility index (Phi) is 2.24. The molecule has 0 aliphatic carbocycles. The first-order valence-electron chi connectivity index (χ1n) is 4.30. The highest BCUT2D eigenvalue weighted by molar-refractivity contribution is 5.54. The Morgan fingerprint density at radius 2 is 2.29 bits per heavy atom. The Balaban J connectivity index is 2.47. The lowest BCUT2D eigenvalue weighted by Crippen LogP contribution is -2.00. The number of nitrogens with zero attached hydrogens (tertiary/aromatic N) is 4. The van der Waals surface area contributed by atoms with Crippen molar-refractivity contribution in [1.82, 2.24) is 19.7 Å². The molecule has 0 unspecified atom stereocenters. The van der Waals surface area contributed by atoms with E-state index in [-0.39, 0.29) is 0 Å². The maximum atomic E-state index is 5.50. The van der Waals surface area contributed by atoms with Gasteiger partial charge in [-0.2, -0.15) is 5.10 Å². The average molecular weight is 189 g/mol. The van der Waals surface area contributed by atoms with Crippen molar-refractivity contribution in [2.45, 2.75) is 6.54 Å². The fourth-order valence-electron chi connectivity index (χ4n) is 1.29. The molecule has 0 aromatic carbocycles. The summed E-state index contributed by atoms with van der Waals surface area (Å²) in [6, 6.07) is 3.81. The van der Waals surface area contributed by atoms with Crippen LogP contribution in [0.15, 0.2) is 24.7 Å². The van der Waals surface area contributed by atoms with E-state index in [1.807, 2.05) is 19.2 Å². The first-order valence-corrected chi connectivity index (χ1v) is 4.30. The smallest absolute Gasteiger partial charge is 0.157 e. The van der Waals surface area contributed by atoms with Crippen LogP contribution in [0.5, 0.6) is 0 Å². The van der Waals surface area contributed by atoms with Gasteiger partial charge >= 0.3 is 0 Å². The fourth-order valence-corrected chi connectivity index (χ4v) is 1.29. The maximum Gasteiger partial charge on any atom is 0.157 e. The Morgan fingerprint density at radius 1 is 1.43 bits per heavy atom. The quantitative estimate of drug-likeness (QED) is 0.739. The van der Waals surface area contributed by atoms with Crippen LogP contribution in [0.2, 0.25) is 0 Å². The van der Waals surface area contributed by atoms with E-state index < -0.39 is 0 Å². The predicted octanol–water partition coefficient (Wildman–Crippen LogP) is 0.336. The lowest BCUT2D eigenvalue weighted by Gasteiger charge is -2.01. The normalized spacial score (nSPS) is 10.4. The Morgan fingerprint density at radius 3 is 2.93 bits per heavy atom. The van der Waals surface area contributed by atoms with Gasteiger partial charge < -0.3 is 5.73 Å². The molecule has 2 aromatic heterocycles. The molecule has 0 amide bonds. The van der Waals surface area contributed by atoms with Gasteiger partial charge in [-0.3, -0.25) is 4.98 Å². The number of nitrogens with two attached hydrogens (primary N) is 1. The van der Waals surface area contributed by atoms with Crippen LogP contribution in [0.3, 0.4) is 0 Å². The molecule has 0 fully saturated rings. The van der Waals surface area contributed by atoms with Crippen molar-refractivity contribution in [3.05, 3.63) is 30.4 Å². The maximum absolute atomic E-state index is 5.50. The van der Waals surface area contributed by atoms with E-state index in [1.54, 1.807) is 10.9 Å². The van der Waals surface area contributed by atoms with Crippen molar-refractivity contribution in [3.8, 4) is 11.4 Å². The van der Waals surface area contributed by atoms with Crippen molar-refractivity contribution in [1.29, 1.82) is 0 Å². The second-order valence-corrected chi connectivity index (χ2v) is 2.95. The van der Waals surface area contributed by atoms with Crippen LogP contribution in [0.25, 0.3) is 11.4 Å². The molecule has 14 heavy (non-hydrogen) atoms. The van der Waals surface area contributed by atoms with Crippen LogP contribution >= 0.6 is 0 Å². The van der Waals surface area contributed by atoms with Gasteiger partial charge in [-0.05, 0) is 12.1 Å². The summed E-state index contributed by atoms with van der Waals surface area (Å²) < 4.78 is 1.72. The van der Waals surface area contributed by atoms with Gasteiger partial charge in [-0.1, -0.05) is 0 Å². The molecule has 2 heterocycles. The average Bonchev–Trinajstić information content (AvgIpc) is 2.65. The molecule has 0 saturated carbocycles. The summed E-state index contributed by atoms with van der Waals surface area (Å²) >= 11 is 0. The van der Waals surface area contributed by atoms with Crippen molar-refractivity contribution in [2.75, 3.05) is 0 Å². The van der Waals surface area contributed by atoms with Gasteiger partial charge in [-0.15, -0.1) is 0 Å². The van der Waals surface area contributed by atoms with Gasteiger partial charge in [0.25, 0.3) is 0 Å².